The molecule has 0 saturated carbocycles. The molecule has 0 saturated heterocycles. The molecule has 4 nitrogen and oxygen atoms in total. The second kappa shape index (κ2) is 13.9. The van der Waals surface area contributed by atoms with Crippen LogP contribution in [-0.4, -0.2) is 58.3 Å². The van der Waals surface area contributed by atoms with E-state index in [1.54, 1.807) is 0 Å². The Hall–Kier alpha value is -0.160. The van der Waals surface area contributed by atoms with E-state index >= 15 is 0 Å². The fourth-order valence-electron chi connectivity index (χ4n) is 1.95. The molecule has 0 aromatic rings. The lowest BCUT2D eigenvalue weighted by Crippen LogP contribution is -2.30. The summed E-state index contributed by atoms with van der Waals surface area (Å²) in [5.41, 5.74) is 5.51. The molecule has 104 valence electrons. The minimum Gasteiger partial charge on any atom is -0.330 e. The van der Waals surface area contributed by atoms with Crippen molar-refractivity contribution < 1.29 is 0 Å². The van der Waals surface area contributed by atoms with Gasteiger partial charge in [-0.1, -0.05) is 6.42 Å². The summed E-state index contributed by atoms with van der Waals surface area (Å²) < 4.78 is 0. The fraction of sp³-hybridized carbons (Fsp3) is 1.00. The Bertz CT molecular complexity index is 131. The molecule has 0 rings (SSSR count). The molecule has 4 heteroatoms. The number of unbranched alkanes of at least 4 members (excludes halogenated alkanes) is 2. The Balaban J connectivity index is 3.60. The van der Waals surface area contributed by atoms with Crippen LogP contribution in [0.25, 0.3) is 0 Å². The highest BCUT2D eigenvalue weighted by Crippen LogP contribution is 2.00. The van der Waals surface area contributed by atoms with Crippen molar-refractivity contribution in [1.82, 2.24) is 15.5 Å². The van der Waals surface area contributed by atoms with Gasteiger partial charge in [0.15, 0.2) is 0 Å². The smallest absolute Gasteiger partial charge is 0.000663 e. The predicted octanol–water partition coefficient (Wildman–Crippen LogP) is 0.636. The lowest BCUT2D eigenvalue weighted by molar-refractivity contribution is 0.260. The van der Waals surface area contributed by atoms with Crippen LogP contribution in [-0.2, 0) is 0 Å². The molecule has 0 aliphatic rings. The molecular weight excluding hydrogens is 212 g/mol. The van der Waals surface area contributed by atoms with Crippen LogP contribution in [0.1, 0.15) is 32.1 Å². The first-order chi connectivity index (χ1) is 8.35. The van der Waals surface area contributed by atoms with E-state index in [0.717, 1.165) is 19.6 Å². The van der Waals surface area contributed by atoms with Gasteiger partial charge in [0.25, 0.3) is 0 Å². The lowest BCUT2D eigenvalue weighted by Gasteiger charge is -2.22. The largest absolute Gasteiger partial charge is 0.330 e. The van der Waals surface area contributed by atoms with Crippen LogP contribution in [0, 0.1) is 0 Å². The minimum absolute atomic E-state index is 0.833. The molecule has 4 N–H and O–H groups in total. The second-order valence-corrected chi connectivity index (χ2v) is 4.61. The topological polar surface area (TPSA) is 53.3 Å². The highest BCUT2D eigenvalue weighted by molar-refractivity contribution is 4.60. The standard InChI is InChI=1S/C13H32N4/c1-15-9-6-12-17(13-7-10-16-2)11-5-3-4-8-14/h15-16H,3-14H2,1-2H3. The van der Waals surface area contributed by atoms with Gasteiger partial charge in [0.1, 0.15) is 0 Å². The summed E-state index contributed by atoms with van der Waals surface area (Å²) in [6, 6.07) is 0. The van der Waals surface area contributed by atoms with Crippen molar-refractivity contribution in [1.29, 1.82) is 0 Å². The molecule has 0 spiro atoms. The summed E-state index contributed by atoms with van der Waals surface area (Å²) in [6.07, 6.45) is 6.21. The number of nitrogens with two attached hydrogens (primary N) is 1. The van der Waals surface area contributed by atoms with Gasteiger partial charge in [-0.2, -0.15) is 0 Å². The summed E-state index contributed by atoms with van der Waals surface area (Å²) in [5, 5.41) is 6.42. The van der Waals surface area contributed by atoms with Crippen molar-refractivity contribution in [3.8, 4) is 0 Å². The highest BCUT2D eigenvalue weighted by atomic mass is 15.1. The van der Waals surface area contributed by atoms with E-state index in [2.05, 4.69) is 15.5 Å². The molecule has 0 amide bonds. The van der Waals surface area contributed by atoms with Gasteiger partial charge >= 0.3 is 0 Å². The predicted molar refractivity (Wildman–Crippen MR) is 76.4 cm³/mol. The Morgan fingerprint density at radius 1 is 0.765 bits per heavy atom. The van der Waals surface area contributed by atoms with Gasteiger partial charge in [-0.05, 0) is 79.0 Å². The van der Waals surface area contributed by atoms with Crippen LogP contribution in [0.4, 0.5) is 0 Å². The van der Waals surface area contributed by atoms with Crippen LogP contribution < -0.4 is 16.4 Å². The Labute approximate surface area is 107 Å². The molecule has 0 radical (unpaired) electrons. The summed E-state index contributed by atoms with van der Waals surface area (Å²) in [7, 11) is 4.04. The molecular formula is C13H32N4. The van der Waals surface area contributed by atoms with Crippen molar-refractivity contribution in [2.75, 3.05) is 53.4 Å². The molecule has 0 bridgehead atoms. The maximum atomic E-state index is 5.51. The third-order valence-corrected chi connectivity index (χ3v) is 2.98. The zero-order valence-electron chi connectivity index (χ0n) is 11.8. The first-order valence-corrected chi connectivity index (χ1v) is 7.06. The van der Waals surface area contributed by atoms with E-state index in [-0.39, 0.29) is 0 Å². The number of rotatable bonds is 13. The average molecular weight is 244 g/mol. The fourth-order valence-corrected chi connectivity index (χ4v) is 1.95. The first-order valence-electron chi connectivity index (χ1n) is 7.06. The van der Waals surface area contributed by atoms with Crippen molar-refractivity contribution >= 4 is 0 Å². The molecule has 0 unspecified atom stereocenters. The van der Waals surface area contributed by atoms with E-state index < -0.39 is 0 Å². The van der Waals surface area contributed by atoms with Gasteiger partial charge in [-0.25, -0.2) is 0 Å². The zero-order chi connectivity index (χ0) is 12.8. The number of hydrogen-bond donors (Lipinski definition) is 3. The van der Waals surface area contributed by atoms with E-state index in [1.807, 2.05) is 14.1 Å². The summed E-state index contributed by atoms with van der Waals surface area (Å²) >= 11 is 0. The Morgan fingerprint density at radius 3 is 1.76 bits per heavy atom. The number of nitrogens with one attached hydrogen (secondary N) is 2. The number of hydrogen-bond acceptors (Lipinski definition) is 4. The van der Waals surface area contributed by atoms with Crippen molar-refractivity contribution in [3.05, 3.63) is 0 Å². The summed E-state index contributed by atoms with van der Waals surface area (Å²) in [4.78, 5) is 2.59. The van der Waals surface area contributed by atoms with Crippen LogP contribution >= 0.6 is 0 Å². The summed E-state index contributed by atoms with van der Waals surface area (Å²) in [6.45, 7) is 6.73. The quantitative estimate of drug-likeness (QED) is 0.416. The van der Waals surface area contributed by atoms with Gasteiger partial charge in [0.05, 0.1) is 0 Å². The zero-order valence-corrected chi connectivity index (χ0v) is 11.8. The molecule has 17 heavy (non-hydrogen) atoms. The van der Waals surface area contributed by atoms with E-state index in [1.165, 1.54) is 51.7 Å². The Kier molecular flexibility index (Phi) is 13.8. The lowest BCUT2D eigenvalue weighted by atomic mass is 10.2. The van der Waals surface area contributed by atoms with Gasteiger partial charge in [-0.3, -0.25) is 0 Å². The normalized spacial score (nSPS) is 11.3. The van der Waals surface area contributed by atoms with Crippen LogP contribution in [0.2, 0.25) is 0 Å². The van der Waals surface area contributed by atoms with Crippen molar-refractivity contribution in [2.24, 2.45) is 5.73 Å². The van der Waals surface area contributed by atoms with E-state index in [9.17, 15) is 0 Å². The van der Waals surface area contributed by atoms with Gasteiger partial charge in [0.2, 0.25) is 0 Å². The van der Waals surface area contributed by atoms with E-state index in [0.29, 0.717) is 0 Å². The maximum absolute atomic E-state index is 5.51. The molecule has 0 atom stereocenters. The van der Waals surface area contributed by atoms with Crippen LogP contribution in [0.15, 0.2) is 0 Å². The van der Waals surface area contributed by atoms with Crippen LogP contribution in [0.3, 0.4) is 0 Å². The average Bonchev–Trinajstić information content (AvgIpc) is 2.34. The third kappa shape index (κ3) is 12.1. The van der Waals surface area contributed by atoms with Gasteiger partial charge < -0.3 is 21.3 Å². The third-order valence-electron chi connectivity index (χ3n) is 2.98. The molecule has 0 aromatic carbocycles. The minimum atomic E-state index is 0.833. The number of nitrogens with zero attached hydrogens (tertiary/aromatic N) is 1. The maximum Gasteiger partial charge on any atom is -0.000663 e. The molecule has 0 fully saturated rings. The van der Waals surface area contributed by atoms with E-state index in [4.69, 9.17) is 5.73 Å². The molecule has 0 aliphatic heterocycles. The second-order valence-electron chi connectivity index (χ2n) is 4.61. The highest BCUT2D eigenvalue weighted by Gasteiger charge is 2.03. The molecule has 0 heterocycles. The first kappa shape index (κ1) is 16.8. The monoisotopic (exact) mass is 244 g/mol. The van der Waals surface area contributed by atoms with Crippen LogP contribution in [0.5, 0.6) is 0 Å². The molecule has 0 aromatic heterocycles. The van der Waals surface area contributed by atoms with Crippen molar-refractivity contribution in [2.45, 2.75) is 32.1 Å². The molecule has 0 aliphatic carbocycles. The Morgan fingerprint density at radius 2 is 1.29 bits per heavy atom. The van der Waals surface area contributed by atoms with Crippen molar-refractivity contribution in [3.63, 3.8) is 0 Å². The van der Waals surface area contributed by atoms with Gasteiger partial charge in [-0.15, -0.1) is 0 Å². The van der Waals surface area contributed by atoms with Gasteiger partial charge in [0, 0.05) is 0 Å². The summed E-state index contributed by atoms with van der Waals surface area (Å²) in [5.74, 6) is 0. The SMILES string of the molecule is CNCCCN(CCCCCN)CCCNC.